The van der Waals surface area contributed by atoms with Crippen LogP contribution in [0, 0.1) is 28.6 Å². The molecule has 23 heavy (non-hydrogen) atoms. The average Bonchev–Trinajstić information content (AvgIpc) is 2.86. The molecule has 4 rings (SSSR count). The Bertz CT molecular complexity index is 628. The van der Waals surface area contributed by atoms with Gasteiger partial charge in [0, 0.05) is 6.42 Å². The monoisotopic (exact) mass is 312 g/mol. The molecule has 0 aromatic heterocycles. The van der Waals surface area contributed by atoms with E-state index >= 15 is 0 Å². The fraction of sp³-hybridized carbons (Fsp3) is 0.667. The molecule has 6 atom stereocenters. The van der Waals surface area contributed by atoms with Gasteiger partial charge in [-0.15, -0.1) is 0 Å². The highest BCUT2D eigenvalue weighted by Crippen LogP contribution is 2.65. The molecule has 0 radical (unpaired) electrons. The highest BCUT2D eigenvalue weighted by Gasteiger charge is 2.58. The van der Waals surface area contributed by atoms with Gasteiger partial charge >= 0.3 is 0 Å². The quantitative estimate of drug-likeness (QED) is 0.787. The van der Waals surface area contributed by atoms with E-state index in [-0.39, 0.29) is 16.6 Å². The molecule has 0 aromatic carbocycles. The molecular weight excluding hydrogens is 284 g/mol. The van der Waals surface area contributed by atoms with Crippen LogP contribution in [-0.2, 0) is 4.79 Å². The topological polar surface area (TPSA) is 37.3 Å². The first kappa shape index (κ1) is 15.4. The summed E-state index contributed by atoms with van der Waals surface area (Å²) in [5, 5.41) is 10.8. The minimum absolute atomic E-state index is 0.0223. The molecule has 2 nitrogen and oxygen atoms in total. The van der Waals surface area contributed by atoms with Crippen molar-refractivity contribution in [2.45, 2.75) is 58.5 Å². The van der Waals surface area contributed by atoms with Crippen molar-refractivity contribution in [1.82, 2.24) is 0 Å². The second kappa shape index (κ2) is 4.92. The zero-order valence-electron chi connectivity index (χ0n) is 14.3. The molecule has 2 fully saturated rings. The van der Waals surface area contributed by atoms with Gasteiger partial charge in [0.1, 0.15) is 0 Å². The van der Waals surface area contributed by atoms with Crippen LogP contribution < -0.4 is 0 Å². The van der Waals surface area contributed by atoms with Gasteiger partial charge < -0.3 is 5.11 Å². The molecule has 0 aliphatic heterocycles. The summed E-state index contributed by atoms with van der Waals surface area (Å²) in [6.07, 6.45) is 11.7. The van der Waals surface area contributed by atoms with E-state index in [0.717, 1.165) is 24.8 Å². The van der Waals surface area contributed by atoms with Gasteiger partial charge in [-0.05, 0) is 77.9 Å². The third kappa shape index (κ3) is 1.94. The van der Waals surface area contributed by atoms with Crippen molar-refractivity contribution in [1.29, 1.82) is 0 Å². The molecule has 0 bridgehead atoms. The van der Waals surface area contributed by atoms with Crippen molar-refractivity contribution in [2.24, 2.45) is 28.6 Å². The summed E-state index contributed by atoms with van der Waals surface area (Å²) in [5.41, 5.74) is 2.72. The van der Waals surface area contributed by atoms with E-state index in [1.165, 1.54) is 18.4 Å². The Morgan fingerprint density at radius 2 is 2.04 bits per heavy atom. The molecule has 1 N–H and O–H groups in total. The number of aliphatic hydroxyl groups excluding tert-OH is 1. The van der Waals surface area contributed by atoms with E-state index < -0.39 is 6.10 Å². The van der Waals surface area contributed by atoms with E-state index in [0.29, 0.717) is 24.2 Å². The SMILES string of the molecule is C=CC1=CCC2C3C[C@@H](O)C4=CC(=O)CC[C@]4(C)C3CC[C@]12C. The van der Waals surface area contributed by atoms with Gasteiger partial charge in [-0.2, -0.15) is 0 Å². The van der Waals surface area contributed by atoms with Crippen molar-refractivity contribution >= 4 is 5.78 Å². The lowest BCUT2D eigenvalue weighted by atomic mass is 9.46. The first-order valence-electron chi connectivity index (χ1n) is 9.16. The third-order valence-electron chi connectivity index (χ3n) is 7.84. The van der Waals surface area contributed by atoms with Gasteiger partial charge in [-0.1, -0.05) is 32.6 Å². The van der Waals surface area contributed by atoms with Crippen LogP contribution in [-0.4, -0.2) is 17.0 Å². The number of hydrogen-bond acceptors (Lipinski definition) is 2. The maximum atomic E-state index is 11.9. The molecule has 0 aromatic rings. The second-order valence-electron chi connectivity index (χ2n) is 8.67. The molecule has 0 saturated heterocycles. The van der Waals surface area contributed by atoms with Crippen molar-refractivity contribution in [3.05, 3.63) is 36.0 Å². The molecule has 2 heteroatoms. The first-order valence-corrected chi connectivity index (χ1v) is 9.16. The first-order chi connectivity index (χ1) is 10.9. The number of carbonyl (C=O) groups is 1. The summed E-state index contributed by atoms with van der Waals surface area (Å²) in [6.45, 7) is 8.73. The van der Waals surface area contributed by atoms with Crippen LogP contribution in [0.4, 0.5) is 0 Å². The van der Waals surface area contributed by atoms with Crippen LogP contribution in [0.15, 0.2) is 36.0 Å². The summed E-state index contributed by atoms with van der Waals surface area (Å²) >= 11 is 0. The standard InChI is InChI=1S/C21H28O2/c1-4-13-5-6-16-15-12-19(23)18-11-14(22)7-9-21(18,3)17(15)8-10-20(13,16)2/h4-5,11,15-17,19,23H,1,6-10,12H2,2-3H3/t15?,16?,17?,19-,20-,21-/m1/s1. The van der Waals surface area contributed by atoms with Gasteiger partial charge in [-0.3, -0.25) is 4.79 Å². The number of carbonyl (C=O) groups excluding carboxylic acids is 1. The molecule has 0 spiro atoms. The predicted octanol–water partition coefficient (Wildman–Crippen LogP) is 4.21. The highest BCUT2D eigenvalue weighted by molar-refractivity contribution is 5.91. The third-order valence-corrected chi connectivity index (χ3v) is 7.84. The van der Waals surface area contributed by atoms with Crippen molar-refractivity contribution in [3.8, 4) is 0 Å². The molecule has 3 unspecified atom stereocenters. The smallest absolute Gasteiger partial charge is 0.155 e. The predicted molar refractivity (Wildman–Crippen MR) is 91.8 cm³/mol. The van der Waals surface area contributed by atoms with Gasteiger partial charge in [0.15, 0.2) is 5.78 Å². The summed E-state index contributed by atoms with van der Waals surface area (Å²) in [4.78, 5) is 11.9. The molecule has 124 valence electrons. The summed E-state index contributed by atoms with van der Waals surface area (Å²) in [5.74, 6) is 2.00. The van der Waals surface area contributed by atoms with Crippen LogP contribution in [0.2, 0.25) is 0 Å². The number of ketones is 1. The van der Waals surface area contributed by atoms with Crippen molar-refractivity contribution < 1.29 is 9.90 Å². The molecule has 0 heterocycles. The van der Waals surface area contributed by atoms with Crippen LogP contribution >= 0.6 is 0 Å². The minimum Gasteiger partial charge on any atom is -0.389 e. The van der Waals surface area contributed by atoms with Gasteiger partial charge in [0.25, 0.3) is 0 Å². The fourth-order valence-corrected chi connectivity index (χ4v) is 6.52. The Morgan fingerprint density at radius 1 is 1.26 bits per heavy atom. The molecule has 4 aliphatic rings. The Morgan fingerprint density at radius 3 is 2.78 bits per heavy atom. The number of aliphatic hydroxyl groups is 1. The van der Waals surface area contributed by atoms with Crippen LogP contribution in [0.25, 0.3) is 0 Å². The van der Waals surface area contributed by atoms with Crippen LogP contribution in [0.1, 0.15) is 52.4 Å². The lowest BCUT2D eigenvalue weighted by Gasteiger charge is -2.58. The molecule has 2 saturated carbocycles. The normalized spacial score (nSPS) is 48.7. The lowest BCUT2D eigenvalue weighted by molar-refractivity contribution is -0.118. The largest absolute Gasteiger partial charge is 0.389 e. The molecule has 0 amide bonds. The summed E-state index contributed by atoms with van der Waals surface area (Å²) in [6, 6.07) is 0. The number of rotatable bonds is 1. The van der Waals surface area contributed by atoms with Gasteiger partial charge in [0.2, 0.25) is 0 Å². The Balaban J connectivity index is 1.73. The highest BCUT2D eigenvalue weighted by atomic mass is 16.3. The summed E-state index contributed by atoms with van der Waals surface area (Å²) < 4.78 is 0. The molecule has 4 aliphatic carbocycles. The van der Waals surface area contributed by atoms with Crippen LogP contribution in [0.5, 0.6) is 0 Å². The number of fused-ring (bicyclic) bond motifs is 5. The fourth-order valence-electron chi connectivity index (χ4n) is 6.52. The van der Waals surface area contributed by atoms with Gasteiger partial charge in [0.05, 0.1) is 6.10 Å². The Hall–Kier alpha value is -1.15. The number of allylic oxidation sites excluding steroid dienone is 4. The lowest BCUT2D eigenvalue weighted by Crippen LogP contribution is -2.53. The van der Waals surface area contributed by atoms with E-state index in [1.807, 2.05) is 6.08 Å². The van der Waals surface area contributed by atoms with Crippen molar-refractivity contribution in [3.63, 3.8) is 0 Å². The van der Waals surface area contributed by atoms with Crippen LogP contribution in [0.3, 0.4) is 0 Å². The summed E-state index contributed by atoms with van der Waals surface area (Å²) in [7, 11) is 0. The average molecular weight is 312 g/mol. The maximum absolute atomic E-state index is 11.9. The molecular formula is C21H28O2. The Kier molecular flexibility index (Phi) is 3.29. The van der Waals surface area contributed by atoms with E-state index in [4.69, 9.17) is 0 Å². The van der Waals surface area contributed by atoms with Gasteiger partial charge in [-0.25, -0.2) is 0 Å². The van der Waals surface area contributed by atoms with E-state index in [9.17, 15) is 9.90 Å². The van der Waals surface area contributed by atoms with E-state index in [1.54, 1.807) is 6.08 Å². The Labute approximate surface area is 139 Å². The number of hydrogen-bond donors (Lipinski definition) is 1. The minimum atomic E-state index is -0.430. The second-order valence-corrected chi connectivity index (χ2v) is 8.67. The zero-order valence-corrected chi connectivity index (χ0v) is 14.3. The zero-order chi connectivity index (χ0) is 16.4. The van der Waals surface area contributed by atoms with E-state index in [2.05, 4.69) is 26.5 Å². The maximum Gasteiger partial charge on any atom is 0.155 e. The van der Waals surface area contributed by atoms with Crippen molar-refractivity contribution in [2.75, 3.05) is 0 Å².